The van der Waals surface area contributed by atoms with Gasteiger partial charge in [0.2, 0.25) is 5.95 Å². The van der Waals surface area contributed by atoms with Gasteiger partial charge in [-0.25, -0.2) is 4.39 Å². The first-order valence-corrected chi connectivity index (χ1v) is 8.55. The van der Waals surface area contributed by atoms with Gasteiger partial charge in [-0.3, -0.25) is 0 Å². The Morgan fingerprint density at radius 1 is 1.04 bits per heavy atom. The molecule has 6 heteroatoms. The van der Waals surface area contributed by atoms with Crippen molar-refractivity contribution in [3.05, 3.63) is 70.7 Å². The summed E-state index contributed by atoms with van der Waals surface area (Å²) in [5.74, 6) is 0.825. The first-order chi connectivity index (χ1) is 12.5. The Bertz CT molecular complexity index is 887. The summed E-state index contributed by atoms with van der Waals surface area (Å²) in [6, 6.07) is 11.0. The summed E-state index contributed by atoms with van der Waals surface area (Å²) in [4.78, 5) is 4.44. The van der Waals surface area contributed by atoms with E-state index in [1.54, 1.807) is 18.3 Å². The average molecular weight is 351 g/mol. The van der Waals surface area contributed by atoms with Crippen molar-refractivity contribution in [2.24, 2.45) is 0 Å². The molecule has 0 bridgehead atoms. The zero-order valence-corrected chi connectivity index (χ0v) is 15.2. The van der Waals surface area contributed by atoms with E-state index in [0.717, 1.165) is 16.8 Å². The lowest BCUT2D eigenvalue weighted by Crippen LogP contribution is -2.10. The van der Waals surface area contributed by atoms with Crippen molar-refractivity contribution in [2.75, 3.05) is 17.2 Å². The van der Waals surface area contributed by atoms with E-state index >= 15 is 0 Å². The van der Waals surface area contributed by atoms with E-state index < -0.39 is 0 Å². The SMILES string of the molecule is Cc1cc(C)c(Nc2cnnc(NCCc3ccccc3F)n2)c(C)c1. The normalized spacial score (nSPS) is 10.6. The summed E-state index contributed by atoms with van der Waals surface area (Å²) in [5.41, 5.74) is 5.20. The molecule has 3 aromatic rings. The molecule has 0 fully saturated rings. The molecule has 0 radical (unpaired) electrons. The van der Waals surface area contributed by atoms with E-state index in [0.29, 0.717) is 30.3 Å². The van der Waals surface area contributed by atoms with Gasteiger partial charge in [0.05, 0.1) is 6.20 Å². The van der Waals surface area contributed by atoms with E-state index in [9.17, 15) is 4.39 Å². The van der Waals surface area contributed by atoms with Gasteiger partial charge >= 0.3 is 0 Å². The molecule has 0 unspecified atom stereocenters. The summed E-state index contributed by atoms with van der Waals surface area (Å²) in [7, 11) is 0. The third kappa shape index (κ3) is 4.33. The van der Waals surface area contributed by atoms with E-state index in [1.807, 2.05) is 6.07 Å². The third-order valence-corrected chi connectivity index (χ3v) is 4.12. The predicted octanol–water partition coefficient (Wildman–Crippen LogP) is 4.33. The second kappa shape index (κ2) is 7.91. The van der Waals surface area contributed by atoms with Gasteiger partial charge in [0.15, 0.2) is 5.82 Å². The molecule has 2 aromatic carbocycles. The highest BCUT2D eigenvalue weighted by Gasteiger charge is 2.07. The lowest BCUT2D eigenvalue weighted by Gasteiger charge is -2.13. The van der Waals surface area contributed by atoms with Crippen molar-refractivity contribution in [3.63, 3.8) is 0 Å². The van der Waals surface area contributed by atoms with Crippen LogP contribution in [0.5, 0.6) is 0 Å². The number of hydrogen-bond acceptors (Lipinski definition) is 5. The second-order valence-electron chi connectivity index (χ2n) is 6.33. The number of nitrogens with zero attached hydrogens (tertiary/aromatic N) is 3. The molecule has 0 aliphatic rings. The predicted molar refractivity (Wildman–Crippen MR) is 102 cm³/mol. The molecule has 0 aliphatic heterocycles. The summed E-state index contributed by atoms with van der Waals surface area (Å²) in [5, 5.41) is 14.4. The molecule has 0 aliphatic carbocycles. The molecule has 3 rings (SSSR count). The molecule has 1 aromatic heterocycles. The topological polar surface area (TPSA) is 62.7 Å². The Labute approximate surface area is 152 Å². The summed E-state index contributed by atoms with van der Waals surface area (Å²) >= 11 is 0. The molecule has 1 heterocycles. The number of anilines is 3. The second-order valence-corrected chi connectivity index (χ2v) is 6.33. The monoisotopic (exact) mass is 351 g/mol. The Kier molecular flexibility index (Phi) is 5.41. The molecule has 0 atom stereocenters. The van der Waals surface area contributed by atoms with Crippen LogP contribution >= 0.6 is 0 Å². The van der Waals surface area contributed by atoms with Crippen molar-refractivity contribution in [2.45, 2.75) is 27.2 Å². The van der Waals surface area contributed by atoms with Crippen LogP contribution in [-0.2, 0) is 6.42 Å². The van der Waals surface area contributed by atoms with E-state index in [1.165, 1.54) is 11.6 Å². The Balaban J connectivity index is 1.66. The number of rotatable bonds is 6. The van der Waals surface area contributed by atoms with Crippen molar-refractivity contribution >= 4 is 17.5 Å². The van der Waals surface area contributed by atoms with Gasteiger partial charge in [-0.05, 0) is 49.9 Å². The smallest absolute Gasteiger partial charge is 0.244 e. The molecule has 26 heavy (non-hydrogen) atoms. The van der Waals surface area contributed by atoms with Crippen molar-refractivity contribution in [3.8, 4) is 0 Å². The Morgan fingerprint density at radius 3 is 2.50 bits per heavy atom. The van der Waals surface area contributed by atoms with Gasteiger partial charge < -0.3 is 10.6 Å². The maximum Gasteiger partial charge on any atom is 0.244 e. The number of aryl methyl sites for hydroxylation is 3. The zero-order chi connectivity index (χ0) is 18.5. The lowest BCUT2D eigenvalue weighted by molar-refractivity contribution is 0.610. The summed E-state index contributed by atoms with van der Waals surface area (Å²) < 4.78 is 13.6. The van der Waals surface area contributed by atoms with Crippen LogP contribution in [0.2, 0.25) is 0 Å². The lowest BCUT2D eigenvalue weighted by atomic mass is 10.1. The van der Waals surface area contributed by atoms with Crippen LogP contribution in [-0.4, -0.2) is 21.7 Å². The minimum atomic E-state index is -0.200. The summed E-state index contributed by atoms with van der Waals surface area (Å²) in [6.07, 6.45) is 2.13. The quantitative estimate of drug-likeness (QED) is 0.692. The van der Waals surface area contributed by atoms with E-state index in [2.05, 4.69) is 58.7 Å². The van der Waals surface area contributed by atoms with Gasteiger partial charge in [-0.15, -0.1) is 5.10 Å². The molecule has 0 saturated heterocycles. The summed E-state index contributed by atoms with van der Waals surface area (Å²) in [6.45, 7) is 6.72. The van der Waals surface area contributed by atoms with Crippen molar-refractivity contribution in [1.82, 2.24) is 15.2 Å². The van der Waals surface area contributed by atoms with Crippen LogP contribution in [0.1, 0.15) is 22.3 Å². The van der Waals surface area contributed by atoms with Gasteiger partial charge in [-0.1, -0.05) is 35.9 Å². The van der Waals surface area contributed by atoms with Gasteiger partial charge in [-0.2, -0.15) is 10.1 Å². The number of halogens is 1. The van der Waals surface area contributed by atoms with Crippen LogP contribution in [0.4, 0.5) is 21.8 Å². The van der Waals surface area contributed by atoms with Crippen LogP contribution in [0.25, 0.3) is 0 Å². The van der Waals surface area contributed by atoms with Crippen LogP contribution < -0.4 is 10.6 Å². The maximum absolute atomic E-state index is 13.6. The first kappa shape index (κ1) is 17.8. The van der Waals surface area contributed by atoms with Gasteiger partial charge in [0.25, 0.3) is 0 Å². The van der Waals surface area contributed by atoms with Gasteiger partial charge in [0, 0.05) is 12.2 Å². The number of benzene rings is 2. The molecule has 0 amide bonds. The fraction of sp³-hybridized carbons (Fsp3) is 0.250. The zero-order valence-electron chi connectivity index (χ0n) is 15.2. The Hall–Kier alpha value is -3.02. The number of nitrogens with one attached hydrogen (secondary N) is 2. The largest absolute Gasteiger partial charge is 0.353 e. The minimum absolute atomic E-state index is 0.200. The number of hydrogen-bond donors (Lipinski definition) is 2. The molecule has 5 nitrogen and oxygen atoms in total. The highest BCUT2D eigenvalue weighted by Crippen LogP contribution is 2.25. The molecule has 134 valence electrons. The van der Waals surface area contributed by atoms with Crippen LogP contribution in [0.15, 0.2) is 42.6 Å². The van der Waals surface area contributed by atoms with E-state index in [4.69, 9.17) is 0 Å². The minimum Gasteiger partial charge on any atom is -0.353 e. The molecule has 0 spiro atoms. The fourth-order valence-electron chi connectivity index (χ4n) is 2.95. The molecule has 0 saturated carbocycles. The van der Waals surface area contributed by atoms with Gasteiger partial charge in [0.1, 0.15) is 5.82 Å². The van der Waals surface area contributed by atoms with Crippen molar-refractivity contribution < 1.29 is 4.39 Å². The first-order valence-electron chi connectivity index (χ1n) is 8.55. The van der Waals surface area contributed by atoms with Crippen LogP contribution in [0.3, 0.4) is 0 Å². The van der Waals surface area contributed by atoms with Crippen LogP contribution in [0, 0.1) is 26.6 Å². The molecular formula is C20H22FN5. The maximum atomic E-state index is 13.6. The standard InChI is InChI=1S/C20H22FN5/c1-13-10-14(2)19(15(3)11-13)24-18-12-23-26-20(25-18)22-9-8-16-6-4-5-7-17(16)21/h4-7,10-12H,8-9H2,1-3H3,(H2,22,24,25,26). The average Bonchev–Trinajstić information content (AvgIpc) is 2.60. The third-order valence-electron chi connectivity index (χ3n) is 4.12. The highest BCUT2D eigenvalue weighted by molar-refractivity contribution is 5.65. The fourth-order valence-corrected chi connectivity index (χ4v) is 2.95. The highest BCUT2D eigenvalue weighted by atomic mass is 19.1. The Morgan fingerprint density at radius 2 is 1.77 bits per heavy atom. The number of aromatic nitrogens is 3. The van der Waals surface area contributed by atoms with Crippen molar-refractivity contribution in [1.29, 1.82) is 0 Å². The molecular weight excluding hydrogens is 329 g/mol. The molecule has 2 N–H and O–H groups in total. The van der Waals surface area contributed by atoms with E-state index in [-0.39, 0.29) is 5.82 Å².